The molecule has 0 saturated carbocycles. The van der Waals surface area contributed by atoms with Crippen molar-refractivity contribution < 1.29 is 13.9 Å². The van der Waals surface area contributed by atoms with E-state index in [-0.39, 0.29) is 5.82 Å². The number of methoxy groups -OCH3 is 1. The Hall–Kier alpha value is -1.64. The molecule has 0 fully saturated rings. The molecule has 0 bridgehead atoms. The Kier molecular flexibility index (Phi) is 6.12. The zero-order valence-corrected chi connectivity index (χ0v) is 10.6. The highest BCUT2D eigenvalue weighted by Gasteiger charge is 2.05. The minimum atomic E-state index is -0.596. The topological polar surface area (TPSA) is 54.3 Å². The number of nitriles is 1. The minimum absolute atomic E-state index is 0.368. The van der Waals surface area contributed by atoms with E-state index in [1.54, 1.807) is 20.1 Å². The van der Waals surface area contributed by atoms with Crippen LogP contribution in [0.3, 0.4) is 0 Å². The van der Waals surface area contributed by atoms with Crippen molar-refractivity contribution in [2.45, 2.75) is 19.6 Å². The van der Waals surface area contributed by atoms with E-state index in [0.717, 1.165) is 5.56 Å². The normalized spacial score (nSPS) is 11.9. The highest BCUT2D eigenvalue weighted by atomic mass is 19.1. The van der Waals surface area contributed by atoms with Gasteiger partial charge in [0.15, 0.2) is 6.10 Å². The molecule has 0 aromatic heterocycles. The molecule has 0 saturated heterocycles. The van der Waals surface area contributed by atoms with Crippen LogP contribution in [0.1, 0.15) is 12.5 Å². The molecule has 98 valence electrons. The summed E-state index contributed by atoms with van der Waals surface area (Å²) in [5, 5.41) is 11.8. The molecule has 0 heterocycles. The molecule has 0 aliphatic carbocycles. The molecule has 1 rings (SSSR count). The van der Waals surface area contributed by atoms with Crippen LogP contribution in [-0.4, -0.2) is 26.4 Å². The fourth-order valence-corrected chi connectivity index (χ4v) is 1.43. The first kappa shape index (κ1) is 14.4. The van der Waals surface area contributed by atoms with E-state index in [1.807, 2.05) is 6.07 Å². The van der Waals surface area contributed by atoms with Gasteiger partial charge >= 0.3 is 0 Å². The molecular formula is C13H17FN2O2. The number of ether oxygens (including phenoxy) is 2. The summed E-state index contributed by atoms with van der Waals surface area (Å²) in [6.45, 7) is 3.43. The lowest BCUT2D eigenvalue weighted by atomic mass is 10.2. The number of nitrogens with one attached hydrogen (secondary N) is 1. The van der Waals surface area contributed by atoms with E-state index in [4.69, 9.17) is 14.7 Å². The van der Waals surface area contributed by atoms with Crippen LogP contribution in [-0.2, 0) is 11.3 Å². The van der Waals surface area contributed by atoms with Gasteiger partial charge in [-0.3, -0.25) is 0 Å². The lowest BCUT2D eigenvalue weighted by Crippen LogP contribution is -2.18. The summed E-state index contributed by atoms with van der Waals surface area (Å²) >= 11 is 0. The Morgan fingerprint density at radius 3 is 2.89 bits per heavy atom. The Morgan fingerprint density at radius 2 is 2.22 bits per heavy atom. The zero-order valence-electron chi connectivity index (χ0n) is 10.6. The van der Waals surface area contributed by atoms with E-state index in [0.29, 0.717) is 25.4 Å². The molecular weight excluding hydrogens is 235 g/mol. The van der Waals surface area contributed by atoms with Crippen molar-refractivity contribution >= 4 is 0 Å². The molecule has 0 aliphatic rings. The second-order valence-electron chi connectivity index (χ2n) is 3.85. The predicted octanol–water partition coefficient (Wildman–Crippen LogP) is 1.85. The molecule has 0 spiro atoms. The Labute approximate surface area is 106 Å². The molecule has 1 atom stereocenters. The smallest absolute Gasteiger partial charge is 0.181 e. The third-order valence-electron chi connectivity index (χ3n) is 2.24. The molecule has 5 heteroatoms. The summed E-state index contributed by atoms with van der Waals surface area (Å²) < 4.78 is 23.5. The van der Waals surface area contributed by atoms with Crippen LogP contribution in [0, 0.1) is 17.1 Å². The van der Waals surface area contributed by atoms with Gasteiger partial charge in [0, 0.05) is 26.3 Å². The number of hydrogen-bond acceptors (Lipinski definition) is 4. The summed E-state index contributed by atoms with van der Waals surface area (Å²) in [7, 11) is 1.62. The fraction of sp³-hybridized carbons (Fsp3) is 0.462. The summed E-state index contributed by atoms with van der Waals surface area (Å²) in [5.74, 6) is -0.00577. The van der Waals surface area contributed by atoms with Crippen molar-refractivity contribution in [1.82, 2.24) is 5.32 Å². The van der Waals surface area contributed by atoms with Crippen molar-refractivity contribution in [3.05, 3.63) is 29.6 Å². The molecule has 18 heavy (non-hydrogen) atoms. The third kappa shape index (κ3) is 5.13. The Balaban J connectivity index is 2.60. The van der Waals surface area contributed by atoms with Crippen molar-refractivity contribution in [2.24, 2.45) is 0 Å². The first-order chi connectivity index (χ1) is 8.65. The van der Waals surface area contributed by atoms with Crippen LogP contribution in [0.5, 0.6) is 5.75 Å². The van der Waals surface area contributed by atoms with Gasteiger partial charge in [-0.05, 0) is 24.6 Å². The highest BCUT2D eigenvalue weighted by molar-refractivity contribution is 5.30. The summed E-state index contributed by atoms with van der Waals surface area (Å²) in [6, 6.07) is 6.36. The monoisotopic (exact) mass is 252 g/mol. The summed E-state index contributed by atoms with van der Waals surface area (Å²) in [5.41, 5.74) is 0.770. The first-order valence-corrected chi connectivity index (χ1v) is 5.71. The average Bonchev–Trinajstić information content (AvgIpc) is 2.34. The summed E-state index contributed by atoms with van der Waals surface area (Å²) in [4.78, 5) is 0. The van der Waals surface area contributed by atoms with Gasteiger partial charge in [0.2, 0.25) is 0 Å². The van der Waals surface area contributed by atoms with Gasteiger partial charge in [-0.15, -0.1) is 0 Å². The van der Waals surface area contributed by atoms with E-state index in [2.05, 4.69) is 5.32 Å². The van der Waals surface area contributed by atoms with Crippen LogP contribution in [0.15, 0.2) is 18.2 Å². The van der Waals surface area contributed by atoms with Gasteiger partial charge in [-0.25, -0.2) is 4.39 Å². The maximum absolute atomic E-state index is 13.3. The van der Waals surface area contributed by atoms with Crippen LogP contribution < -0.4 is 10.1 Å². The second-order valence-corrected chi connectivity index (χ2v) is 3.85. The van der Waals surface area contributed by atoms with Gasteiger partial charge in [0.05, 0.1) is 6.61 Å². The maximum atomic E-state index is 13.3. The van der Waals surface area contributed by atoms with E-state index in [9.17, 15) is 4.39 Å². The standard InChI is InChI=1S/C13H17FN2O2/c1-10(8-15)18-13-6-11(5-12(14)7-13)9-16-3-4-17-2/h5-7,10,16H,3-4,9H2,1-2H3. The number of rotatable bonds is 7. The fourth-order valence-electron chi connectivity index (χ4n) is 1.43. The van der Waals surface area contributed by atoms with Gasteiger partial charge < -0.3 is 14.8 Å². The van der Waals surface area contributed by atoms with Crippen LogP contribution in [0.2, 0.25) is 0 Å². The van der Waals surface area contributed by atoms with Crippen LogP contribution in [0.4, 0.5) is 4.39 Å². The van der Waals surface area contributed by atoms with Crippen molar-refractivity contribution in [2.75, 3.05) is 20.3 Å². The number of nitrogens with zero attached hydrogens (tertiary/aromatic N) is 1. The summed E-state index contributed by atoms with van der Waals surface area (Å²) in [6.07, 6.45) is -0.596. The lowest BCUT2D eigenvalue weighted by Gasteiger charge is -2.10. The Morgan fingerprint density at radius 1 is 1.44 bits per heavy atom. The molecule has 1 aromatic rings. The number of benzene rings is 1. The first-order valence-electron chi connectivity index (χ1n) is 5.71. The largest absolute Gasteiger partial charge is 0.476 e. The molecule has 0 aliphatic heterocycles. The molecule has 4 nitrogen and oxygen atoms in total. The van der Waals surface area contributed by atoms with Gasteiger partial charge in [-0.1, -0.05) is 0 Å². The Bertz CT molecular complexity index is 418. The quantitative estimate of drug-likeness (QED) is 0.752. The lowest BCUT2D eigenvalue weighted by molar-refractivity contribution is 0.199. The average molecular weight is 252 g/mol. The predicted molar refractivity (Wildman–Crippen MR) is 65.7 cm³/mol. The van der Waals surface area contributed by atoms with Crippen LogP contribution >= 0.6 is 0 Å². The highest BCUT2D eigenvalue weighted by Crippen LogP contribution is 2.17. The molecule has 0 amide bonds. The third-order valence-corrected chi connectivity index (χ3v) is 2.24. The van der Waals surface area contributed by atoms with Gasteiger partial charge in [0.1, 0.15) is 17.6 Å². The van der Waals surface area contributed by atoms with E-state index >= 15 is 0 Å². The SMILES string of the molecule is COCCNCc1cc(F)cc(OC(C)C#N)c1. The molecule has 1 unspecified atom stereocenters. The van der Waals surface area contributed by atoms with E-state index in [1.165, 1.54) is 12.1 Å². The van der Waals surface area contributed by atoms with Crippen molar-refractivity contribution in [3.63, 3.8) is 0 Å². The van der Waals surface area contributed by atoms with Gasteiger partial charge in [0.25, 0.3) is 0 Å². The van der Waals surface area contributed by atoms with Crippen LogP contribution in [0.25, 0.3) is 0 Å². The molecule has 0 radical (unpaired) electrons. The zero-order chi connectivity index (χ0) is 13.4. The minimum Gasteiger partial charge on any atom is -0.476 e. The molecule has 1 N–H and O–H groups in total. The van der Waals surface area contributed by atoms with Crippen molar-refractivity contribution in [3.8, 4) is 11.8 Å². The van der Waals surface area contributed by atoms with E-state index < -0.39 is 6.10 Å². The van der Waals surface area contributed by atoms with Gasteiger partial charge in [-0.2, -0.15) is 5.26 Å². The maximum Gasteiger partial charge on any atom is 0.181 e. The van der Waals surface area contributed by atoms with Crippen molar-refractivity contribution in [1.29, 1.82) is 5.26 Å². The second kappa shape index (κ2) is 7.64. The molecule has 1 aromatic carbocycles. The number of halogens is 1. The number of hydrogen-bond donors (Lipinski definition) is 1.